The molecule has 1 saturated heterocycles. The summed E-state index contributed by atoms with van der Waals surface area (Å²) in [5, 5.41) is 18.1. The van der Waals surface area contributed by atoms with Crippen molar-refractivity contribution in [2.75, 3.05) is 19.7 Å². The van der Waals surface area contributed by atoms with Gasteiger partial charge in [-0.1, -0.05) is 19.3 Å². The van der Waals surface area contributed by atoms with Gasteiger partial charge in [0.2, 0.25) is 5.91 Å². The summed E-state index contributed by atoms with van der Waals surface area (Å²) in [5.74, 6) is 0.138. The zero-order valence-electron chi connectivity index (χ0n) is 10.2. The van der Waals surface area contributed by atoms with E-state index in [1.165, 1.54) is 19.3 Å². The number of hydrogen-bond donors (Lipinski definition) is 1. The number of amides is 1. The number of rotatable bonds is 2. The van der Waals surface area contributed by atoms with Gasteiger partial charge in [-0.2, -0.15) is 5.26 Å². The Balaban J connectivity index is 2.08. The van der Waals surface area contributed by atoms with Crippen molar-refractivity contribution in [1.82, 2.24) is 4.90 Å². The van der Waals surface area contributed by atoms with Crippen LogP contribution in [0, 0.1) is 22.7 Å². The minimum atomic E-state index is -0.0756. The molecule has 1 unspecified atom stereocenters. The molecule has 0 aromatic heterocycles. The molecule has 4 heteroatoms. The summed E-state index contributed by atoms with van der Waals surface area (Å²) in [6.45, 7) is 1.55. The molecule has 1 spiro atoms. The van der Waals surface area contributed by atoms with Gasteiger partial charge in [-0.3, -0.25) is 4.79 Å². The highest BCUT2D eigenvalue weighted by Gasteiger charge is 2.47. The second-order valence-corrected chi connectivity index (χ2v) is 5.41. The van der Waals surface area contributed by atoms with Crippen molar-refractivity contribution in [2.45, 2.75) is 38.5 Å². The fraction of sp³-hybridized carbons (Fsp3) is 0.846. The molecular weight excluding hydrogens is 216 g/mol. The fourth-order valence-electron chi connectivity index (χ4n) is 3.48. The van der Waals surface area contributed by atoms with Gasteiger partial charge in [0.25, 0.3) is 0 Å². The smallest absolute Gasteiger partial charge is 0.236 e. The highest BCUT2D eigenvalue weighted by Crippen LogP contribution is 2.47. The van der Waals surface area contributed by atoms with Crippen LogP contribution in [0.15, 0.2) is 0 Å². The monoisotopic (exact) mass is 236 g/mol. The van der Waals surface area contributed by atoms with E-state index < -0.39 is 0 Å². The lowest BCUT2D eigenvalue weighted by molar-refractivity contribution is -0.129. The largest absolute Gasteiger partial charge is 0.396 e. The Bertz CT molecular complexity index is 329. The van der Waals surface area contributed by atoms with Crippen LogP contribution in [0.4, 0.5) is 0 Å². The lowest BCUT2D eigenvalue weighted by atomic mass is 9.68. The molecule has 1 amide bonds. The molecule has 0 aromatic carbocycles. The number of nitrogens with zero attached hydrogens (tertiary/aromatic N) is 2. The summed E-state index contributed by atoms with van der Waals surface area (Å²) in [7, 11) is 0. The van der Waals surface area contributed by atoms with E-state index in [1.807, 2.05) is 6.07 Å². The van der Waals surface area contributed by atoms with Crippen LogP contribution < -0.4 is 0 Å². The van der Waals surface area contributed by atoms with Crippen molar-refractivity contribution in [3.8, 4) is 6.07 Å². The molecular formula is C13H20N2O2. The van der Waals surface area contributed by atoms with Crippen LogP contribution in [0.3, 0.4) is 0 Å². The molecule has 1 aliphatic heterocycles. The Morgan fingerprint density at radius 3 is 2.71 bits per heavy atom. The van der Waals surface area contributed by atoms with Crippen LogP contribution in [0.5, 0.6) is 0 Å². The first-order chi connectivity index (χ1) is 8.22. The van der Waals surface area contributed by atoms with Gasteiger partial charge in [-0.15, -0.1) is 0 Å². The van der Waals surface area contributed by atoms with E-state index in [-0.39, 0.29) is 30.3 Å². The van der Waals surface area contributed by atoms with Gasteiger partial charge < -0.3 is 10.0 Å². The summed E-state index contributed by atoms with van der Waals surface area (Å²) < 4.78 is 0. The molecule has 94 valence electrons. The van der Waals surface area contributed by atoms with E-state index in [9.17, 15) is 9.90 Å². The molecule has 0 radical (unpaired) electrons. The van der Waals surface area contributed by atoms with Crippen molar-refractivity contribution in [3.05, 3.63) is 0 Å². The number of hydrogen-bond acceptors (Lipinski definition) is 3. The minimum absolute atomic E-state index is 0.0335. The Morgan fingerprint density at radius 2 is 2.12 bits per heavy atom. The lowest BCUT2D eigenvalue weighted by Gasteiger charge is -2.37. The standard InChI is InChI=1S/C13H20N2O2/c14-7-4-12(17)15-8-11(9-16)13(10-15)5-2-1-3-6-13/h11,16H,1-6,8-10H2. The van der Waals surface area contributed by atoms with Crippen molar-refractivity contribution in [1.29, 1.82) is 5.26 Å². The van der Waals surface area contributed by atoms with Gasteiger partial charge in [0, 0.05) is 25.6 Å². The van der Waals surface area contributed by atoms with Crippen molar-refractivity contribution < 1.29 is 9.90 Å². The normalized spacial score (nSPS) is 27.1. The van der Waals surface area contributed by atoms with Crippen molar-refractivity contribution >= 4 is 5.91 Å². The van der Waals surface area contributed by atoms with Gasteiger partial charge >= 0.3 is 0 Å². The van der Waals surface area contributed by atoms with Crippen LogP contribution in [0.2, 0.25) is 0 Å². The highest BCUT2D eigenvalue weighted by atomic mass is 16.3. The summed E-state index contributed by atoms with van der Waals surface area (Å²) in [4.78, 5) is 13.5. The molecule has 1 heterocycles. The molecule has 1 atom stereocenters. The SMILES string of the molecule is N#CCC(=O)N1CC(CO)C2(CCCCC2)C1. The predicted octanol–water partition coefficient (Wildman–Crippen LogP) is 1.30. The van der Waals surface area contributed by atoms with Crippen LogP contribution in [-0.4, -0.2) is 35.6 Å². The average molecular weight is 236 g/mol. The van der Waals surface area contributed by atoms with Gasteiger partial charge in [0.1, 0.15) is 6.42 Å². The summed E-state index contributed by atoms with van der Waals surface area (Å²) in [6, 6.07) is 1.91. The first kappa shape index (κ1) is 12.4. The minimum Gasteiger partial charge on any atom is -0.396 e. The third-order valence-corrected chi connectivity index (χ3v) is 4.47. The number of nitriles is 1. The second-order valence-electron chi connectivity index (χ2n) is 5.41. The maximum atomic E-state index is 11.8. The topological polar surface area (TPSA) is 64.3 Å². The molecule has 0 bridgehead atoms. The molecule has 1 aliphatic carbocycles. The van der Waals surface area contributed by atoms with Gasteiger partial charge in [0.05, 0.1) is 6.07 Å². The van der Waals surface area contributed by atoms with Crippen LogP contribution in [-0.2, 0) is 4.79 Å². The van der Waals surface area contributed by atoms with E-state index >= 15 is 0 Å². The zero-order chi connectivity index (χ0) is 12.3. The van der Waals surface area contributed by atoms with Crippen LogP contribution in [0.1, 0.15) is 38.5 Å². The quantitative estimate of drug-likeness (QED) is 0.786. The van der Waals surface area contributed by atoms with Gasteiger partial charge in [0.15, 0.2) is 0 Å². The predicted molar refractivity (Wildman–Crippen MR) is 62.9 cm³/mol. The summed E-state index contributed by atoms with van der Waals surface area (Å²) in [5.41, 5.74) is 0.137. The van der Waals surface area contributed by atoms with E-state index in [0.29, 0.717) is 6.54 Å². The Kier molecular flexibility index (Phi) is 3.68. The summed E-state index contributed by atoms with van der Waals surface area (Å²) >= 11 is 0. The number of aliphatic hydroxyl groups excluding tert-OH is 1. The molecule has 0 aromatic rings. The highest BCUT2D eigenvalue weighted by molar-refractivity contribution is 5.78. The number of likely N-dealkylation sites (tertiary alicyclic amines) is 1. The van der Waals surface area contributed by atoms with Gasteiger partial charge in [-0.05, 0) is 18.3 Å². The first-order valence-electron chi connectivity index (χ1n) is 6.47. The Morgan fingerprint density at radius 1 is 1.41 bits per heavy atom. The third kappa shape index (κ3) is 2.30. The molecule has 1 N–H and O–H groups in total. The molecule has 4 nitrogen and oxygen atoms in total. The Hall–Kier alpha value is -1.08. The van der Waals surface area contributed by atoms with E-state index in [1.54, 1.807) is 4.90 Å². The van der Waals surface area contributed by atoms with Crippen LogP contribution in [0.25, 0.3) is 0 Å². The van der Waals surface area contributed by atoms with E-state index in [0.717, 1.165) is 19.4 Å². The average Bonchev–Trinajstić information content (AvgIpc) is 2.69. The van der Waals surface area contributed by atoms with Crippen molar-refractivity contribution in [3.63, 3.8) is 0 Å². The van der Waals surface area contributed by atoms with Crippen molar-refractivity contribution in [2.24, 2.45) is 11.3 Å². The van der Waals surface area contributed by atoms with Crippen LogP contribution >= 0.6 is 0 Å². The number of carbonyl (C=O) groups excluding carboxylic acids is 1. The Labute approximate surface area is 102 Å². The molecule has 2 aliphatic rings. The second kappa shape index (κ2) is 5.05. The molecule has 17 heavy (non-hydrogen) atoms. The third-order valence-electron chi connectivity index (χ3n) is 4.47. The van der Waals surface area contributed by atoms with Gasteiger partial charge in [-0.25, -0.2) is 0 Å². The number of carbonyl (C=O) groups is 1. The van der Waals surface area contributed by atoms with E-state index in [4.69, 9.17) is 5.26 Å². The molecule has 2 rings (SSSR count). The van der Waals surface area contributed by atoms with E-state index in [2.05, 4.69) is 0 Å². The lowest BCUT2D eigenvalue weighted by Crippen LogP contribution is -2.35. The summed E-state index contributed by atoms with van der Waals surface area (Å²) in [6.07, 6.45) is 5.89. The first-order valence-corrected chi connectivity index (χ1v) is 6.47. The zero-order valence-corrected chi connectivity index (χ0v) is 10.2. The molecule has 2 fully saturated rings. The molecule has 1 saturated carbocycles. The maximum Gasteiger partial charge on any atom is 0.236 e. The fourth-order valence-corrected chi connectivity index (χ4v) is 3.48. The maximum absolute atomic E-state index is 11.8. The number of aliphatic hydroxyl groups is 1.